The van der Waals surface area contributed by atoms with E-state index in [0.29, 0.717) is 11.5 Å². The van der Waals surface area contributed by atoms with Gasteiger partial charge in [-0.05, 0) is 12.5 Å². The fourth-order valence-corrected chi connectivity index (χ4v) is 1.33. The van der Waals surface area contributed by atoms with Crippen molar-refractivity contribution < 1.29 is 4.79 Å². The summed E-state index contributed by atoms with van der Waals surface area (Å²) in [5.74, 6) is 0.361. The van der Waals surface area contributed by atoms with Gasteiger partial charge in [-0.3, -0.25) is 9.20 Å². The minimum atomic E-state index is -0.159. The van der Waals surface area contributed by atoms with Gasteiger partial charge >= 0.3 is 0 Å². The van der Waals surface area contributed by atoms with Crippen molar-refractivity contribution in [1.29, 1.82) is 0 Å². The molecular formula is C9H10N4O. The molecule has 5 heteroatoms. The van der Waals surface area contributed by atoms with Gasteiger partial charge in [0.1, 0.15) is 5.69 Å². The van der Waals surface area contributed by atoms with Gasteiger partial charge in [0.2, 0.25) is 5.78 Å². The largest absolute Gasteiger partial charge is 0.324 e. The number of imidazole rings is 1. The number of rotatable bonds is 2. The molecule has 0 unspecified atom stereocenters. The fraction of sp³-hybridized carbons (Fsp3) is 0.222. The van der Waals surface area contributed by atoms with Gasteiger partial charge < -0.3 is 5.73 Å². The molecule has 2 aromatic heterocycles. The summed E-state index contributed by atoms with van der Waals surface area (Å²) in [4.78, 5) is 19.5. The SMILES string of the molecule is Cc1cn2ccnc2nc1C(=O)CN. The summed E-state index contributed by atoms with van der Waals surface area (Å²) in [5, 5.41) is 0. The van der Waals surface area contributed by atoms with Crippen molar-refractivity contribution in [3.8, 4) is 0 Å². The molecule has 0 aliphatic carbocycles. The van der Waals surface area contributed by atoms with Gasteiger partial charge in [0.25, 0.3) is 0 Å². The van der Waals surface area contributed by atoms with E-state index < -0.39 is 0 Å². The Balaban J connectivity index is 2.64. The Morgan fingerprint density at radius 1 is 1.64 bits per heavy atom. The quantitative estimate of drug-likeness (QED) is 0.685. The van der Waals surface area contributed by atoms with Gasteiger partial charge in [-0.15, -0.1) is 0 Å². The zero-order chi connectivity index (χ0) is 10.1. The third-order valence-corrected chi connectivity index (χ3v) is 2.02. The predicted molar refractivity (Wildman–Crippen MR) is 51.1 cm³/mol. The average molecular weight is 190 g/mol. The Hall–Kier alpha value is -1.75. The Bertz CT molecular complexity index is 489. The van der Waals surface area contributed by atoms with E-state index in [9.17, 15) is 4.79 Å². The van der Waals surface area contributed by atoms with Crippen molar-refractivity contribution in [3.63, 3.8) is 0 Å². The van der Waals surface area contributed by atoms with Crippen LogP contribution in [-0.4, -0.2) is 26.7 Å². The van der Waals surface area contributed by atoms with Crippen LogP contribution in [0.5, 0.6) is 0 Å². The summed E-state index contributed by atoms with van der Waals surface area (Å²) in [5.41, 5.74) is 6.50. The van der Waals surface area contributed by atoms with Crippen LogP contribution in [0, 0.1) is 6.92 Å². The van der Waals surface area contributed by atoms with E-state index in [0.717, 1.165) is 5.56 Å². The summed E-state index contributed by atoms with van der Waals surface area (Å²) in [6.45, 7) is 1.81. The highest BCUT2D eigenvalue weighted by molar-refractivity contribution is 5.97. The van der Waals surface area contributed by atoms with Crippen LogP contribution >= 0.6 is 0 Å². The monoisotopic (exact) mass is 190 g/mol. The van der Waals surface area contributed by atoms with Crippen molar-refractivity contribution in [2.24, 2.45) is 5.73 Å². The summed E-state index contributed by atoms with van der Waals surface area (Å²) < 4.78 is 1.77. The van der Waals surface area contributed by atoms with Gasteiger partial charge in [0.05, 0.1) is 6.54 Å². The first-order valence-corrected chi connectivity index (χ1v) is 4.26. The Labute approximate surface area is 80.6 Å². The number of hydrogen-bond donors (Lipinski definition) is 1. The number of Topliss-reactive ketones (excluding diaryl/α,β-unsaturated/α-hetero) is 1. The van der Waals surface area contributed by atoms with Crippen LogP contribution in [0.25, 0.3) is 5.78 Å². The molecule has 0 amide bonds. The van der Waals surface area contributed by atoms with Gasteiger partial charge in [-0.1, -0.05) is 0 Å². The highest BCUT2D eigenvalue weighted by atomic mass is 16.1. The van der Waals surface area contributed by atoms with E-state index in [1.54, 1.807) is 16.8 Å². The molecule has 0 aliphatic heterocycles. The maximum absolute atomic E-state index is 11.4. The molecule has 0 bridgehead atoms. The number of nitrogens with zero attached hydrogens (tertiary/aromatic N) is 3. The number of fused-ring (bicyclic) bond motifs is 1. The smallest absolute Gasteiger partial charge is 0.234 e. The molecule has 0 saturated heterocycles. The number of nitrogens with two attached hydrogens (primary N) is 1. The average Bonchev–Trinajstić information content (AvgIpc) is 2.62. The summed E-state index contributed by atoms with van der Waals surface area (Å²) in [6, 6.07) is 0. The molecule has 2 N–H and O–H groups in total. The van der Waals surface area contributed by atoms with E-state index in [2.05, 4.69) is 9.97 Å². The fourth-order valence-electron chi connectivity index (χ4n) is 1.33. The third-order valence-electron chi connectivity index (χ3n) is 2.02. The number of carbonyl (C=O) groups is 1. The van der Waals surface area contributed by atoms with Crippen molar-refractivity contribution in [2.45, 2.75) is 6.92 Å². The molecule has 2 rings (SSSR count). The molecule has 72 valence electrons. The van der Waals surface area contributed by atoms with Gasteiger partial charge in [0, 0.05) is 18.6 Å². The van der Waals surface area contributed by atoms with Crippen molar-refractivity contribution in [1.82, 2.24) is 14.4 Å². The number of aryl methyl sites for hydroxylation is 1. The second-order valence-electron chi connectivity index (χ2n) is 3.03. The molecule has 14 heavy (non-hydrogen) atoms. The van der Waals surface area contributed by atoms with Crippen molar-refractivity contribution in [3.05, 3.63) is 29.8 Å². The third kappa shape index (κ3) is 1.27. The molecule has 2 heterocycles. The topological polar surface area (TPSA) is 73.3 Å². The summed E-state index contributed by atoms with van der Waals surface area (Å²) in [7, 11) is 0. The molecule has 0 atom stereocenters. The Kier molecular flexibility index (Phi) is 2.01. The zero-order valence-electron chi connectivity index (χ0n) is 7.77. The number of carbonyl (C=O) groups excluding carboxylic acids is 1. The first-order valence-electron chi connectivity index (χ1n) is 4.26. The lowest BCUT2D eigenvalue weighted by Crippen LogP contribution is -2.17. The lowest BCUT2D eigenvalue weighted by atomic mass is 10.2. The van der Waals surface area contributed by atoms with E-state index >= 15 is 0 Å². The highest BCUT2D eigenvalue weighted by Crippen LogP contribution is 2.07. The van der Waals surface area contributed by atoms with Crippen LogP contribution in [-0.2, 0) is 0 Å². The molecule has 5 nitrogen and oxygen atoms in total. The lowest BCUT2D eigenvalue weighted by molar-refractivity contribution is 0.0996. The molecule has 0 saturated carbocycles. The molecule has 0 spiro atoms. The van der Waals surface area contributed by atoms with Crippen molar-refractivity contribution in [2.75, 3.05) is 6.54 Å². The minimum Gasteiger partial charge on any atom is -0.324 e. The number of hydrogen-bond acceptors (Lipinski definition) is 4. The minimum absolute atomic E-state index is 0.0231. The van der Waals surface area contributed by atoms with Gasteiger partial charge in [-0.2, -0.15) is 0 Å². The molecule has 2 aromatic rings. The van der Waals surface area contributed by atoms with E-state index in [4.69, 9.17) is 5.73 Å². The molecule has 0 aromatic carbocycles. The summed E-state index contributed by atoms with van der Waals surface area (Å²) >= 11 is 0. The first kappa shape index (κ1) is 8.83. The first-order chi connectivity index (χ1) is 6.72. The van der Waals surface area contributed by atoms with Crippen LogP contribution in [0.2, 0.25) is 0 Å². The van der Waals surface area contributed by atoms with Crippen LogP contribution in [0.3, 0.4) is 0 Å². The molecule has 0 aliphatic rings. The second-order valence-corrected chi connectivity index (χ2v) is 3.03. The maximum atomic E-state index is 11.4. The van der Waals surface area contributed by atoms with E-state index in [1.807, 2.05) is 13.1 Å². The van der Waals surface area contributed by atoms with Crippen LogP contribution in [0.15, 0.2) is 18.6 Å². The molecule has 0 fully saturated rings. The lowest BCUT2D eigenvalue weighted by Gasteiger charge is -2.02. The highest BCUT2D eigenvalue weighted by Gasteiger charge is 2.10. The molecular weight excluding hydrogens is 180 g/mol. The number of aromatic nitrogens is 3. The zero-order valence-corrected chi connectivity index (χ0v) is 7.77. The Morgan fingerprint density at radius 2 is 2.43 bits per heavy atom. The van der Waals surface area contributed by atoms with E-state index in [-0.39, 0.29) is 12.3 Å². The van der Waals surface area contributed by atoms with Crippen molar-refractivity contribution >= 4 is 11.6 Å². The molecule has 0 radical (unpaired) electrons. The van der Waals surface area contributed by atoms with E-state index in [1.165, 1.54) is 0 Å². The van der Waals surface area contributed by atoms with Crippen LogP contribution in [0.4, 0.5) is 0 Å². The standard InChI is InChI=1S/C9H10N4O/c1-6-5-13-3-2-11-9(13)12-8(6)7(14)4-10/h2-3,5H,4,10H2,1H3. The second kappa shape index (κ2) is 3.19. The Morgan fingerprint density at radius 3 is 3.14 bits per heavy atom. The maximum Gasteiger partial charge on any atom is 0.234 e. The summed E-state index contributed by atoms with van der Waals surface area (Å²) in [6.07, 6.45) is 5.24. The predicted octanol–water partition coefficient (Wildman–Crippen LogP) is 0.179. The number of ketones is 1. The van der Waals surface area contributed by atoms with Crippen LogP contribution in [0.1, 0.15) is 16.1 Å². The normalized spacial score (nSPS) is 10.7. The van der Waals surface area contributed by atoms with Gasteiger partial charge in [-0.25, -0.2) is 9.97 Å². The van der Waals surface area contributed by atoms with Gasteiger partial charge in [0.15, 0.2) is 5.78 Å². The van der Waals surface area contributed by atoms with Crippen LogP contribution < -0.4 is 5.73 Å².